The third kappa shape index (κ3) is 4.45. The van der Waals surface area contributed by atoms with E-state index in [-0.39, 0.29) is 16.3 Å². The highest BCUT2D eigenvalue weighted by molar-refractivity contribution is 7.93. The van der Waals surface area contributed by atoms with Crippen molar-refractivity contribution in [3.8, 4) is 0 Å². The van der Waals surface area contributed by atoms with Crippen molar-refractivity contribution in [2.24, 2.45) is 0 Å². The number of rotatable bonds is 5. The number of anilines is 2. The van der Waals surface area contributed by atoms with Crippen LogP contribution >= 0.6 is 0 Å². The number of hydrogen-bond donors (Lipinski definition) is 2. The quantitative estimate of drug-likeness (QED) is 0.844. The van der Waals surface area contributed by atoms with E-state index in [0.29, 0.717) is 0 Å². The monoisotopic (exact) mass is 372 g/mol. The van der Waals surface area contributed by atoms with Gasteiger partial charge in [-0.3, -0.25) is 9.44 Å². The first kappa shape index (κ1) is 18.2. The van der Waals surface area contributed by atoms with E-state index < -0.39 is 25.9 Å². The van der Waals surface area contributed by atoms with E-state index in [2.05, 4.69) is 9.44 Å². The smallest absolute Gasteiger partial charge is 0.261 e. The molecule has 0 aliphatic carbocycles. The van der Waals surface area contributed by atoms with Gasteiger partial charge < -0.3 is 0 Å². The van der Waals surface area contributed by atoms with Crippen LogP contribution in [0.15, 0.2) is 41.3 Å². The Kier molecular flexibility index (Phi) is 4.86. The molecule has 0 saturated heterocycles. The Morgan fingerprint density at radius 2 is 1.50 bits per heavy atom. The van der Waals surface area contributed by atoms with Crippen molar-refractivity contribution < 1.29 is 21.2 Å². The molecule has 2 aromatic carbocycles. The zero-order chi connectivity index (χ0) is 18.1. The molecule has 0 unspecified atom stereocenters. The van der Waals surface area contributed by atoms with Gasteiger partial charge in [0.1, 0.15) is 5.82 Å². The van der Waals surface area contributed by atoms with Crippen LogP contribution in [0, 0.1) is 19.7 Å². The summed E-state index contributed by atoms with van der Waals surface area (Å²) in [6, 6.07) is 7.65. The number of nitrogens with one attached hydrogen (secondary N) is 2. The van der Waals surface area contributed by atoms with Crippen molar-refractivity contribution in [3.05, 3.63) is 53.3 Å². The highest BCUT2D eigenvalue weighted by Gasteiger charge is 2.18. The summed E-state index contributed by atoms with van der Waals surface area (Å²) in [5, 5.41) is 0. The molecule has 0 atom stereocenters. The Hall–Kier alpha value is -2.13. The molecule has 0 aromatic heterocycles. The molecule has 0 bridgehead atoms. The molecule has 0 aliphatic rings. The highest BCUT2D eigenvalue weighted by atomic mass is 32.2. The Bertz CT molecular complexity index is 987. The minimum atomic E-state index is -4.00. The van der Waals surface area contributed by atoms with Gasteiger partial charge in [-0.15, -0.1) is 0 Å². The highest BCUT2D eigenvalue weighted by Crippen LogP contribution is 2.27. The van der Waals surface area contributed by atoms with Crippen LogP contribution in [0.2, 0.25) is 0 Å². The zero-order valence-electron chi connectivity index (χ0n) is 13.3. The summed E-state index contributed by atoms with van der Waals surface area (Å²) in [4.78, 5) is 0.000154. The minimum Gasteiger partial charge on any atom is -0.282 e. The van der Waals surface area contributed by atoms with Gasteiger partial charge in [-0.1, -0.05) is 6.07 Å². The molecular formula is C15H17FN2O4S2. The van der Waals surface area contributed by atoms with Crippen LogP contribution in [-0.4, -0.2) is 23.1 Å². The second kappa shape index (κ2) is 6.40. The minimum absolute atomic E-state index is 0.000154. The lowest BCUT2D eigenvalue weighted by Crippen LogP contribution is -2.17. The number of sulfonamides is 2. The van der Waals surface area contributed by atoms with Gasteiger partial charge in [0, 0.05) is 6.07 Å². The van der Waals surface area contributed by atoms with Crippen molar-refractivity contribution in [1.82, 2.24) is 0 Å². The summed E-state index contributed by atoms with van der Waals surface area (Å²) in [7, 11) is -7.65. The molecule has 2 rings (SSSR count). The first-order chi connectivity index (χ1) is 11.0. The molecule has 0 amide bonds. The SMILES string of the molecule is Cc1ccc(S(=O)(=O)Nc2cc(F)ccc2NS(C)(=O)=O)cc1C. The maximum absolute atomic E-state index is 13.5. The van der Waals surface area contributed by atoms with Crippen molar-refractivity contribution in [2.45, 2.75) is 18.7 Å². The molecule has 0 radical (unpaired) electrons. The fourth-order valence-electron chi connectivity index (χ4n) is 1.97. The number of halogens is 1. The van der Waals surface area contributed by atoms with E-state index in [1.807, 2.05) is 6.92 Å². The molecule has 2 aromatic rings. The third-order valence-corrected chi connectivity index (χ3v) is 5.26. The molecule has 2 N–H and O–H groups in total. The van der Waals surface area contributed by atoms with Crippen LogP contribution < -0.4 is 9.44 Å². The Labute approximate surface area is 140 Å². The lowest BCUT2D eigenvalue weighted by molar-refractivity contribution is 0.600. The fourth-order valence-corrected chi connectivity index (χ4v) is 3.71. The van der Waals surface area contributed by atoms with Gasteiger partial charge in [-0.25, -0.2) is 21.2 Å². The normalized spacial score (nSPS) is 12.0. The molecule has 6 nitrogen and oxygen atoms in total. The van der Waals surface area contributed by atoms with Gasteiger partial charge in [0.15, 0.2) is 0 Å². The van der Waals surface area contributed by atoms with Gasteiger partial charge >= 0.3 is 0 Å². The van der Waals surface area contributed by atoms with Gasteiger partial charge in [0.25, 0.3) is 10.0 Å². The van der Waals surface area contributed by atoms with E-state index in [9.17, 15) is 21.2 Å². The third-order valence-electron chi connectivity index (χ3n) is 3.31. The molecule has 0 spiro atoms. The van der Waals surface area contributed by atoms with Crippen LogP contribution in [0.4, 0.5) is 15.8 Å². The van der Waals surface area contributed by atoms with Gasteiger partial charge in [0.05, 0.1) is 22.5 Å². The van der Waals surface area contributed by atoms with Gasteiger partial charge in [-0.2, -0.15) is 0 Å². The molecular weight excluding hydrogens is 355 g/mol. The largest absolute Gasteiger partial charge is 0.282 e. The Morgan fingerprint density at radius 3 is 2.08 bits per heavy atom. The molecule has 0 saturated carbocycles. The van der Waals surface area contributed by atoms with E-state index in [1.165, 1.54) is 12.1 Å². The lowest BCUT2D eigenvalue weighted by Gasteiger charge is -2.14. The number of hydrogen-bond acceptors (Lipinski definition) is 4. The molecule has 24 heavy (non-hydrogen) atoms. The summed E-state index contributed by atoms with van der Waals surface area (Å²) < 4.78 is 65.5. The van der Waals surface area contributed by atoms with Crippen molar-refractivity contribution in [1.29, 1.82) is 0 Å². The number of benzene rings is 2. The van der Waals surface area contributed by atoms with Crippen molar-refractivity contribution >= 4 is 31.4 Å². The van der Waals surface area contributed by atoms with Gasteiger partial charge in [-0.05, 0) is 49.2 Å². The summed E-state index contributed by atoms with van der Waals surface area (Å²) in [6.45, 7) is 3.62. The maximum Gasteiger partial charge on any atom is 0.261 e. The van der Waals surface area contributed by atoms with Crippen LogP contribution in [0.1, 0.15) is 11.1 Å². The predicted molar refractivity (Wildman–Crippen MR) is 91.6 cm³/mol. The summed E-state index contributed by atoms with van der Waals surface area (Å²) >= 11 is 0. The predicted octanol–water partition coefficient (Wildman–Crippen LogP) is 2.61. The summed E-state index contributed by atoms with van der Waals surface area (Å²) in [5.74, 6) is -0.702. The maximum atomic E-state index is 13.5. The Balaban J connectivity index is 2.45. The van der Waals surface area contributed by atoms with Gasteiger partial charge in [0.2, 0.25) is 10.0 Å². The molecule has 130 valence electrons. The first-order valence-corrected chi connectivity index (χ1v) is 10.2. The van der Waals surface area contributed by atoms with Crippen molar-refractivity contribution in [2.75, 3.05) is 15.7 Å². The van der Waals surface area contributed by atoms with Crippen LogP contribution in [0.5, 0.6) is 0 Å². The zero-order valence-corrected chi connectivity index (χ0v) is 14.9. The van der Waals surface area contributed by atoms with E-state index in [1.54, 1.807) is 13.0 Å². The van der Waals surface area contributed by atoms with Crippen molar-refractivity contribution in [3.63, 3.8) is 0 Å². The van der Waals surface area contributed by atoms with E-state index >= 15 is 0 Å². The van der Waals surface area contributed by atoms with E-state index in [4.69, 9.17) is 0 Å². The summed E-state index contributed by atoms with van der Waals surface area (Å²) in [6.07, 6.45) is 0.915. The van der Waals surface area contributed by atoms with Crippen LogP contribution in [0.25, 0.3) is 0 Å². The second-order valence-corrected chi connectivity index (χ2v) is 8.85. The lowest BCUT2D eigenvalue weighted by atomic mass is 10.1. The molecule has 9 heteroatoms. The summed E-state index contributed by atoms with van der Waals surface area (Å²) in [5.41, 5.74) is 1.45. The molecule has 0 heterocycles. The standard InChI is InChI=1S/C15H17FN2O4S2/c1-10-4-6-13(8-11(10)2)24(21,22)18-15-9-12(16)5-7-14(15)17-23(3,19)20/h4-9,17-18H,1-3H3. The Morgan fingerprint density at radius 1 is 0.833 bits per heavy atom. The second-order valence-electron chi connectivity index (χ2n) is 5.42. The molecule has 0 fully saturated rings. The van der Waals surface area contributed by atoms with Crippen LogP contribution in [0.3, 0.4) is 0 Å². The number of aryl methyl sites for hydroxylation is 2. The van der Waals surface area contributed by atoms with E-state index in [0.717, 1.165) is 35.6 Å². The fraction of sp³-hybridized carbons (Fsp3) is 0.200. The van der Waals surface area contributed by atoms with Crippen LogP contribution in [-0.2, 0) is 20.0 Å². The first-order valence-electron chi connectivity index (χ1n) is 6.85. The average Bonchev–Trinajstić information content (AvgIpc) is 2.43. The molecule has 0 aliphatic heterocycles. The average molecular weight is 372 g/mol. The topological polar surface area (TPSA) is 92.3 Å².